The normalized spacial score (nSPS) is 14.6. The van der Waals surface area contributed by atoms with Gasteiger partial charge in [-0.1, -0.05) is 35.1 Å². The Bertz CT molecular complexity index is 1490. The lowest BCUT2D eigenvalue weighted by Crippen LogP contribution is -2.51. The number of likely N-dealkylation sites (tertiary alicyclic amines) is 1. The molecule has 168 valence electrons. The topological polar surface area (TPSA) is 84.1 Å². The summed E-state index contributed by atoms with van der Waals surface area (Å²) in [6, 6.07) is 10.0. The summed E-state index contributed by atoms with van der Waals surface area (Å²) in [7, 11) is 1.42. The highest BCUT2D eigenvalue weighted by Gasteiger charge is 2.30. The lowest BCUT2D eigenvalue weighted by atomic mass is 10.1. The molecule has 7 nitrogen and oxygen atoms in total. The summed E-state index contributed by atoms with van der Waals surface area (Å²) >= 11 is 7.25. The average molecular weight is 486 g/mol. The number of fused-ring (bicyclic) bond motifs is 1. The van der Waals surface area contributed by atoms with Crippen molar-refractivity contribution in [2.75, 3.05) is 20.2 Å². The number of halogens is 2. The van der Waals surface area contributed by atoms with Gasteiger partial charge in [-0.25, -0.2) is 9.37 Å². The van der Waals surface area contributed by atoms with E-state index in [0.29, 0.717) is 26.3 Å². The second-order valence-electron chi connectivity index (χ2n) is 7.63. The fourth-order valence-electron chi connectivity index (χ4n) is 3.61. The van der Waals surface area contributed by atoms with Crippen LogP contribution < -0.4 is 14.8 Å². The second-order valence-corrected chi connectivity index (χ2v) is 9.05. The van der Waals surface area contributed by atoms with E-state index in [1.54, 1.807) is 48.7 Å². The third-order valence-electron chi connectivity index (χ3n) is 5.42. The molecule has 1 saturated heterocycles. The monoisotopic (exact) mass is 485 g/mol. The van der Waals surface area contributed by atoms with Crippen LogP contribution in [0.3, 0.4) is 0 Å². The molecule has 3 heterocycles. The van der Waals surface area contributed by atoms with Crippen molar-refractivity contribution in [2.24, 2.45) is 0 Å². The molecule has 1 fully saturated rings. The molecule has 1 aliphatic heterocycles. The van der Waals surface area contributed by atoms with Gasteiger partial charge < -0.3 is 14.7 Å². The number of carbonyl (C=O) groups excluding carboxylic acids is 1. The first-order valence-electron chi connectivity index (χ1n) is 9.98. The fourth-order valence-corrected chi connectivity index (χ4v) is 4.79. The van der Waals surface area contributed by atoms with Crippen molar-refractivity contribution in [1.29, 1.82) is 0 Å². The molecule has 0 bridgehead atoms. The Balaban J connectivity index is 1.44. The molecular formula is C23H17ClFN3O4S. The number of nitrogens with zero attached hydrogens (tertiary/aromatic N) is 3. The maximum absolute atomic E-state index is 13.0. The minimum absolute atomic E-state index is 0.122. The van der Waals surface area contributed by atoms with Gasteiger partial charge in [0.2, 0.25) is 0 Å². The summed E-state index contributed by atoms with van der Waals surface area (Å²) in [5, 5.41) is 10.0. The Morgan fingerprint density at radius 2 is 2.03 bits per heavy atom. The molecule has 2 aromatic heterocycles. The lowest BCUT2D eigenvalue weighted by Gasteiger charge is -2.34. The largest absolute Gasteiger partial charge is 0.503 e. The molecular weight excluding hydrogens is 469 g/mol. The van der Waals surface area contributed by atoms with Crippen molar-refractivity contribution < 1.29 is 19.0 Å². The zero-order valence-electron chi connectivity index (χ0n) is 17.3. The van der Waals surface area contributed by atoms with Gasteiger partial charge in [-0.2, -0.15) is 0 Å². The quantitative estimate of drug-likeness (QED) is 0.480. The number of thiazole rings is 1. The molecule has 5 rings (SSSR count). The minimum Gasteiger partial charge on any atom is -0.503 e. The SMILES string of the molecule is COc1cc(C=c2sc3nc(-c4ccc(C(=O)N5CC(F)C5)cc4)cn3c2=O)cc(Cl)c1O. The molecule has 0 aliphatic carbocycles. The van der Waals surface area contributed by atoms with Crippen LogP contribution in [-0.2, 0) is 0 Å². The molecule has 1 aliphatic rings. The van der Waals surface area contributed by atoms with Crippen molar-refractivity contribution in [3.63, 3.8) is 0 Å². The minimum atomic E-state index is -0.941. The molecule has 10 heteroatoms. The van der Waals surface area contributed by atoms with Crippen LogP contribution >= 0.6 is 22.9 Å². The third kappa shape index (κ3) is 3.83. The van der Waals surface area contributed by atoms with E-state index < -0.39 is 6.17 Å². The molecule has 1 N–H and O–H groups in total. The van der Waals surface area contributed by atoms with Crippen LogP contribution in [0.1, 0.15) is 15.9 Å². The summed E-state index contributed by atoms with van der Waals surface area (Å²) in [4.78, 5) is 31.7. The zero-order valence-corrected chi connectivity index (χ0v) is 18.9. The molecule has 33 heavy (non-hydrogen) atoms. The first-order chi connectivity index (χ1) is 15.8. The number of phenols is 1. The number of amides is 1. The van der Waals surface area contributed by atoms with Crippen molar-refractivity contribution in [3.8, 4) is 22.8 Å². The van der Waals surface area contributed by atoms with Crippen LogP contribution in [-0.4, -0.2) is 51.7 Å². The van der Waals surface area contributed by atoms with Crippen molar-refractivity contribution in [2.45, 2.75) is 6.17 Å². The number of imidazole rings is 1. The smallest absolute Gasteiger partial charge is 0.274 e. The standard InChI is InChI=1S/C23H17ClFN3O4S/c1-32-18-7-12(6-16(24)20(18)29)8-19-22(31)28-11-17(26-23(28)33-19)13-2-4-14(5-3-13)21(30)27-9-15(25)10-27/h2-8,11,15,29H,9-10H2,1H3. The maximum Gasteiger partial charge on any atom is 0.274 e. The van der Waals surface area contributed by atoms with E-state index in [9.17, 15) is 19.1 Å². The molecule has 1 amide bonds. The maximum atomic E-state index is 13.0. The zero-order chi connectivity index (χ0) is 23.3. The van der Waals surface area contributed by atoms with Crippen molar-refractivity contribution >= 4 is 39.9 Å². The predicted octanol–water partition coefficient (Wildman–Crippen LogP) is 3.13. The number of aromatic nitrogens is 2. The number of ether oxygens (including phenoxy) is 1. The van der Waals surface area contributed by atoms with Crippen molar-refractivity contribution in [1.82, 2.24) is 14.3 Å². The Kier molecular flexibility index (Phi) is 5.30. The number of hydrogen-bond donors (Lipinski definition) is 1. The van der Waals surface area contributed by atoms with Crippen LogP contribution in [0.2, 0.25) is 5.02 Å². The van der Waals surface area contributed by atoms with E-state index >= 15 is 0 Å². The highest BCUT2D eigenvalue weighted by atomic mass is 35.5. The van der Waals surface area contributed by atoms with Gasteiger partial charge in [-0.15, -0.1) is 0 Å². The summed E-state index contributed by atoms with van der Waals surface area (Å²) in [6.45, 7) is 0.263. The van der Waals surface area contributed by atoms with Crippen LogP contribution in [0.15, 0.2) is 47.4 Å². The lowest BCUT2D eigenvalue weighted by molar-refractivity contribution is 0.0400. The Morgan fingerprint density at radius 1 is 1.30 bits per heavy atom. The second kappa shape index (κ2) is 8.17. The number of carbonyl (C=O) groups is 1. The number of aromatic hydroxyl groups is 1. The van der Waals surface area contributed by atoms with Gasteiger partial charge in [-0.05, 0) is 35.9 Å². The highest BCUT2D eigenvalue weighted by Crippen LogP contribution is 2.35. The van der Waals surface area contributed by atoms with Gasteiger partial charge in [0.1, 0.15) is 6.17 Å². The number of hydrogen-bond acceptors (Lipinski definition) is 6. The van der Waals surface area contributed by atoms with Gasteiger partial charge in [0.25, 0.3) is 11.5 Å². The predicted molar refractivity (Wildman–Crippen MR) is 124 cm³/mol. The van der Waals surface area contributed by atoms with E-state index in [2.05, 4.69) is 4.98 Å². The summed E-state index contributed by atoms with van der Waals surface area (Å²) in [5.41, 5.74) is 2.22. The molecule has 0 radical (unpaired) electrons. The summed E-state index contributed by atoms with van der Waals surface area (Å²) in [6.07, 6.45) is 2.37. The van der Waals surface area contributed by atoms with E-state index in [-0.39, 0.29) is 41.1 Å². The van der Waals surface area contributed by atoms with Crippen LogP contribution in [0.4, 0.5) is 4.39 Å². The number of alkyl halides is 1. The molecule has 4 aromatic rings. The van der Waals surface area contributed by atoms with Crippen LogP contribution in [0, 0.1) is 0 Å². The molecule has 0 unspecified atom stereocenters. The molecule has 2 aromatic carbocycles. The first kappa shape index (κ1) is 21.4. The number of methoxy groups -OCH3 is 1. The van der Waals surface area contributed by atoms with E-state index in [0.717, 1.165) is 5.56 Å². The van der Waals surface area contributed by atoms with Gasteiger partial charge in [0.15, 0.2) is 16.5 Å². The fraction of sp³-hybridized carbons (Fsp3) is 0.174. The number of phenolic OH excluding ortho intramolecular Hbond substituents is 1. The molecule has 0 atom stereocenters. The Hall–Kier alpha value is -3.43. The number of benzene rings is 2. The van der Waals surface area contributed by atoms with Gasteiger partial charge >= 0.3 is 0 Å². The van der Waals surface area contributed by atoms with Crippen LogP contribution in [0.25, 0.3) is 22.3 Å². The summed E-state index contributed by atoms with van der Waals surface area (Å²) < 4.78 is 20.0. The van der Waals surface area contributed by atoms with E-state index in [1.165, 1.54) is 27.7 Å². The van der Waals surface area contributed by atoms with Gasteiger partial charge in [-0.3, -0.25) is 14.0 Å². The number of rotatable bonds is 4. The average Bonchev–Trinajstić information content (AvgIpc) is 3.33. The first-order valence-corrected chi connectivity index (χ1v) is 11.2. The van der Waals surface area contributed by atoms with Gasteiger partial charge in [0.05, 0.1) is 35.4 Å². The van der Waals surface area contributed by atoms with Gasteiger partial charge in [0, 0.05) is 17.3 Å². The molecule has 0 saturated carbocycles. The van der Waals surface area contributed by atoms with E-state index in [1.807, 2.05) is 0 Å². The third-order valence-corrected chi connectivity index (χ3v) is 6.70. The molecule has 0 spiro atoms. The van der Waals surface area contributed by atoms with Crippen LogP contribution in [0.5, 0.6) is 11.5 Å². The van der Waals surface area contributed by atoms with Crippen molar-refractivity contribution in [3.05, 3.63) is 73.6 Å². The highest BCUT2D eigenvalue weighted by molar-refractivity contribution is 7.15. The summed E-state index contributed by atoms with van der Waals surface area (Å²) in [5.74, 6) is -0.145. The van der Waals surface area contributed by atoms with E-state index in [4.69, 9.17) is 16.3 Å². The Labute approximate surface area is 195 Å². The Morgan fingerprint density at radius 3 is 2.67 bits per heavy atom.